The highest BCUT2D eigenvalue weighted by Crippen LogP contribution is 2.26. The first-order valence-electron chi connectivity index (χ1n) is 8.49. The first-order chi connectivity index (χ1) is 11.1. The second kappa shape index (κ2) is 6.57. The van der Waals surface area contributed by atoms with Gasteiger partial charge in [0.1, 0.15) is 6.04 Å². The minimum absolute atomic E-state index is 0.0276. The van der Waals surface area contributed by atoms with Crippen molar-refractivity contribution in [2.24, 2.45) is 0 Å². The van der Waals surface area contributed by atoms with Gasteiger partial charge in [-0.2, -0.15) is 0 Å². The smallest absolute Gasteiger partial charge is 0.242 e. The Balaban J connectivity index is 1.86. The average Bonchev–Trinajstić information content (AvgIpc) is 2.95. The number of fused-ring (bicyclic) bond motifs is 1. The van der Waals surface area contributed by atoms with Gasteiger partial charge in [-0.3, -0.25) is 9.59 Å². The minimum Gasteiger partial charge on any atom is -0.352 e. The van der Waals surface area contributed by atoms with Crippen LogP contribution in [0.15, 0.2) is 30.5 Å². The SMILES string of the molecule is CC(=O)c1cn([C@H](C)C(=O)NC2CCCCC2)c2ccccc12. The number of hydrogen-bond donors (Lipinski definition) is 1. The lowest BCUT2D eigenvalue weighted by molar-refractivity contribution is -0.124. The monoisotopic (exact) mass is 312 g/mol. The minimum atomic E-state index is -0.324. The highest BCUT2D eigenvalue weighted by molar-refractivity contribution is 6.07. The Morgan fingerprint density at radius 1 is 1.17 bits per heavy atom. The lowest BCUT2D eigenvalue weighted by atomic mass is 9.95. The van der Waals surface area contributed by atoms with Gasteiger partial charge in [-0.1, -0.05) is 37.5 Å². The van der Waals surface area contributed by atoms with E-state index in [1.54, 1.807) is 6.92 Å². The summed E-state index contributed by atoms with van der Waals surface area (Å²) in [6.45, 7) is 3.47. The van der Waals surface area contributed by atoms with Crippen molar-refractivity contribution in [2.45, 2.75) is 58.0 Å². The van der Waals surface area contributed by atoms with Crippen LogP contribution in [0.2, 0.25) is 0 Å². The number of Topliss-reactive ketones (excluding diaryl/α,β-unsaturated/α-hetero) is 1. The van der Waals surface area contributed by atoms with Crippen LogP contribution in [0.5, 0.6) is 0 Å². The molecule has 23 heavy (non-hydrogen) atoms. The molecule has 2 aromatic rings. The summed E-state index contributed by atoms with van der Waals surface area (Å²) in [6, 6.07) is 7.74. The third kappa shape index (κ3) is 3.16. The fourth-order valence-corrected chi connectivity index (χ4v) is 3.50. The first-order valence-corrected chi connectivity index (χ1v) is 8.49. The molecule has 1 amide bonds. The van der Waals surface area contributed by atoms with Gasteiger partial charge >= 0.3 is 0 Å². The molecule has 1 atom stereocenters. The van der Waals surface area contributed by atoms with Crippen LogP contribution in [0, 0.1) is 0 Å². The first kappa shape index (κ1) is 15.8. The molecule has 0 aliphatic heterocycles. The average molecular weight is 312 g/mol. The maximum absolute atomic E-state index is 12.6. The fraction of sp³-hybridized carbons (Fsp3) is 0.474. The Hall–Kier alpha value is -2.10. The van der Waals surface area contributed by atoms with E-state index in [2.05, 4.69) is 5.32 Å². The van der Waals surface area contributed by atoms with Crippen molar-refractivity contribution < 1.29 is 9.59 Å². The van der Waals surface area contributed by atoms with E-state index in [1.165, 1.54) is 19.3 Å². The molecule has 1 aromatic heterocycles. The Morgan fingerprint density at radius 2 is 1.87 bits per heavy atom. The highest BCUT2D eigenvalue weighted by atomic mass is 16.2. The Kier molecular flexibility index (Phi) is 4.51. The zero-order valence-corrected chi connectivity index (χ0v) is 13.8. The van der Waals surface area contributed by atoms with E-state index in [1.807, 2.05) is 42.0 Å². The van der Waals surface area contributed by atoms with E-state index in [4.69, 9.17) is 0 Å². The van der Waals surface area contributed by atoms with Gasteiger partial charge in [0.15, 0.2) is 5.78 Å². The fourth-order valence-electron chi connectivity index (χ4n) is 3.50. The molecule has 0 unspecified atom stereocenters. The number of nitrogens with zero attached hydrogens (tertiary/aromatic N) is 1. The number of carbonyl (C=O) groups excluding carboxylic acids is 2. The molecule has 4 nitrogen and oxygen atoms in total. The topological polar surface area (TPSA) is 51.1 Å². The Bertz CT molecular complexity index is 726. The molecule has 1 saturated carbocycles. The zero-order valence-electron chi connectivity index (χ0n) is 13.8. The second-order valence-corrected chi connectivity index (χ2v) is 6.54. The quantitative estimate of drug-likeness (QED) is 0.872. The van der Waals surface area contributed by atoms with Crippen molar-refractivity contribution in [3.05, 3.63) is 36.0 Å². The standard InChI is InChI=1S/C19H24N2O2/c1-13(19(23)20-15-8-4-3-5-9-15)21-12-17(14(2)22)16-10-6-7-11-18(16)21/h6-7,10-13,15H,3-5,8-9H2,1-2H3,(H,20,23)/t13-/m1/s1. The van der Waals surface area contributed by atoms with Crippen LogP contribution in [0.4, 0.5) is 0 Å². The van der Waals surface area contributed by atoms with Gasteiger partial charge in [0.2, 0.25) is 5.91 Å². The van der Waals surface area contributed by atoms with E-state index >= 15 is 0 Å². The molecular weight excluding hydrogens is 288 g/mol. The van der Waals surface area contributed by atoms with E-state index in [0.29, 0.717) is 11.6 Å². The predicted molar refractivity (Wildman–Crippen MR) is 91.7 cm³/mol. The van der Waals surface area contributed by atoms with Gasteiger partial charge in [-0.05, 0) is 32.8 Å². The van der Waals surface area contributed by atoms with Crippen LogP contribution in [0.25, 0.3) is 10.9 Å². The second-order valence-electron chi connectivity index (χ2n) is 6.54. The normalized spacial score (nSPS) is 17.1. The number of benzene rings is 1. The summed E-state index contributed by atoms with van der Waals surface area (Å²) in [5.41, 5.74) is 1.61. The zero-order chi connectivity index (χ0) is 16.4. The summed E-state index contributed by atoms with van der Waals surface area (Å²) < 4.78 is 1.92. The Morgan fingerprint density at radius 3 is 2.57 bits per heavy atom. The molecule has 0 spiro atoms. The largest absolute Gasteiger partial charge is 0.352 e. The molecule has 1 N–H and O–H groups in total. The third-order valence-electron chi connectivity index (χ3n) is 4.87. The number of aromatic nitrogens is 1. The lowest BCUT2D eigenvalue weighted by Crippen LogP contribution is -2.39. The van der Waals surface area contributed by atoms with E-state index in [9.17, 15) is 9.59 Å². The van der Waals surface area contributed by atoms with Crippen molar-refractivity contribution >= 4 is 22.6 Å². The molecule has 1 heterocycles. The molecule has 4 heteroatoms. The molecule has 1 aromatic carbocycles. The predicted octanol–water partition coefficient (Wildman–Crippen LogP) is 3.85. The summed E-state index contributed by atoms with van der Waals surface area (Å²) in [5.74, 6) is 0.0626. The molecule has 1 aliphatic rings. The molecule has 0 bridgehead atoms. The molecule has 1 aliphatic carbocycles. The van der Waals surface area contributed by atoms with Crippen LogP contribution in [-0.2, 0) is 4.79 Å². The van der Waals surface area contributed by atoms with Crippen molar-refractivity contribution in [1.29, 1.82) is 0 Å². The van der Waals surface area contributed by atoms with Crippen LogP contribution in [0.1, 0.15) is 62.4 Å². The van der Waals surface area contributed by atoms with Gasteiger partial charge in [0.25, 0.3) is 0 Å². The van der Waals surface area contributed by atoms with E-state index < -0.39 is 0 Å². The number of amides is 1. The molecule has 0 radical (unpaired) electrons. The third-order valence-corrected chi connectivity index (χ3v) is 4.87. The summed E-state index contributed by atoms with van der Waals surface area (Å²) in [5, 5.41) is 4.09. The summed E-state index contributed by atoms with van der Waals surface area (Å²) in [4.78, 5) is 24.5. The van der Waals surface area contributed by atoms with Crippen molar-refractivity contribution in [2.75, 3.05) is 0 Å². The van der Waals surface area contributed by atoms with Gasteiger partial charge in [-0.25, -0.2) is 0 Å². The van der Waals surface area contributed by atoms with Crippen molar-refractivity contribution in [1.82, 2.24) is 9.88 Å². The highest BCUT2D eigenvalue weighted by Gasteiger charge is 2.23. The number of carbonyl (C=O) groups is 2. The van der Waals surface area contributed by atoms with E-state index in [0.717, 1.165) is 23.7 Å². The lowest BCUT2D eigenvalue weighted by Gasteiger charge is -2.25. The number of ketones is 1. The van der Waals surface area contributed by atoms with Crippen LogP contribution in [-0.4, -0.2) is 22.3 Å². The number of hydrogen-bond acceptors (Lipinski definition) is 2. The molecule has 0 saturated heterocycles. The molecule has 122 valence electrons. The number of nitrogens with one attached hydrogen (secondary N) is 1. The summed E-state index contributed by atoms with van der Waals surface area (Å²) in [7, 11) is 0. The maximum atomic E-state index is 12.6. The van der Waals surface area contributed by atoms with Crippen LogP contribution in [0.3, 0.4) is 0 Å². The van der Waals surface area contributed by atoms with Gasteiger partial charge in [0, 0.05) is 28.7 Å². The van der Waals surface area contributed by atoms with Crippen LogP contribution >= 0.6 is 0 Å². The number of rotatable bonds is 4. The summed E-state index contributed by atoms with van der Waals surface area (Å²) >= 11 is 0. The molecule has 1 fully saturated rings. The van der Waals surface area contributed by atoms with E-state index in [-0.39, 0.29) is 17.7 Å². The molecular formula is C19H24N2O2. The van der Waals surface area contributed by atoms with Gasteiger partial charge in [0.05, 0.1) is 0 Å². The van der Waals surface area contributed by atoms with Gasteiger partial charge in [-0.15, -0.1) is 0 Å². The summed E-state index contributed by atoms with van der Waals surface area (Å²) in [6.07, 6.45) is 7.62. The maximum Gasteiger partial charge on any atom is 0.242 e. The van der Waals surface area contributed by atoms with Crippen LogP contribution < -0.4 is 5.32 Å². The number of para-hydroxylation sites is 1. The molecule has 3 rings (SSSR count). The Labute approximate surface area is 136 Å². The van der Waals surface area contributed by atoms with Crippen molar-refractivity contribution in [3.63, 3.8) is 0 Å². The van der Waals surface area contributed by atoms with Gasteiger partial charge < -0.3 is 9.88 Å². The van der Waals surface area contributed by atoms with Crippen molar-refractivity contribution in [3.8, 4) is 0 Å².